The molecule has 0 saturated heterocycles. The van der Waals surface area contributed by atoms with Gasteiger partial charge in [-0.1, -0.05) is 5.21 Å². The normalized spacial score (nSPS) is 10.6. The highest BCUT2D eigenvalue weighted by atomic mass is 16.3. The van der Waals surface area contributed by atoms with Crippen molar-refractivity contribution in [1.29, 1.82) is 0 Å². The van der Waals surface area contributed by atoms with E-state index in [1.807, 2.05) is 0 Å². The first-order chi connectivity index (χ1) is 8.17. The number of nitrogens with zero attached hydrogens (tertiary/aromatic N) is 6. The summed E-state index contributed by atoms with van der Waals surface area (Å²) >= 11 is 0. The van der Waals surface area contributed by atoms with Crippen LogP contribution in [0, 0.1) is 0 Å². The number of aliphatic hydroxyl groups is 1. The molecule has 2 aromatic rings. The van der Waals surface area contributed by atoms with Gasteiger partial charge in [0.05, 0.1) is 5.69 Å². The fourth-order valence-electron chi connectivity index (χ4n) is 1.32. The second-order valence-electron chi connectivity index (χ2n) is 3.35. The van der Waals surface area contributed by atoms with Gasteiger partial charge in [-0.05, 0) is 0 Å². The van der Waals surface area contributed by atoms with Crippen molar-refractivity contribution in [3.05, 3.63) is 17.7 Å². The fraction of sp³-hybridized carbons (Fsp3) is 0.375. The zero-order valence-corrected chi connectivity index (χ0v) is 8.98. The molecule has 0 saturated carbocycles. The van der Waals surface area contributed by atoms with Crippen molar-refractivity contribution in [3.8, 4) is 0 Å². The molecule has 17 heavy (non-hydrogen) atoms. The molecule has 0 amide bonds. The van der Waals surface area contributed by atoms with E-state index in [9.17, 15) is 0 Å². The number of aromatic nitrogens is 6. The Balaban J connectivity index is 2.13. The Hall–Kier alpha value is -2.29. The number of aliphatic hydroxyl groups excluding tert-OH is 1. The molecule has 0 aliphatic heterocycles. The average Bonchev–Trinajstić information content (AvgIpc) is 2.64. The molecule has 0 aromatic carbocycles. The molecular weight excluding hydrogens is 224 g/mol. The van der Waals surface area contributed by atoms with Crippen LogP contribution in [0.1, 0.15) is 11.5 Å². The number of rotatable bonds is 4. The summed E-state index contributed by atoms with van der Waals surface area (Å²) in [6.07, 6.45) is 2.16. The Morgan fingerprint density at radius 2 is 1.88 bits per heavy atom. The van der Waals surface area contributed by atoms with Crippen LogP contribution in [-0.2, 0) is 13.0 Å². The molecular formula is C8H12N8O. The molecule has 0 radical (unpaired) electrons. The molecule has 2 rings (SSSR count). The van der Waals surface area contributed by atoms with Crippen molar-refractivity contribution in [2.75, 3.05) is 18.1 Å². The molecule has 9 heteroatoms. The third-order valence-electron chi connectivity index (χ3n) is 1.97. The van der Waals surface area contributed by atoms with Crippen molar-refractivity contribution in [1.82, 2.24) is 29.9 Å². The first kappa shape index (κ1) is 11.2. The Morgan fingerprint density at radius 3 is 2.53 bits per heavy atom. The van der Waals surface area contributed by atoms with Gasteiger partial charge in [0.1, 0.15) is 6.54 Å². The van der Waals surface area contributed by atoms with Gasteiger partial charge in [-0.25, -0.2) is 4.68 Å². The average molecular weight is 236 g/mol. The SMILES string of the molecule is Nc1nc(N)nc(Cn2cc(CCO)nn2)n1. The molecule has 0 aliphatic rings. The minimum absolute atomic E-state index is 0.0321. The van der Waals surface area contributed by atoms with Crippen LogP contribution in [0.2, 0.25) is 0 Å². The van der Waals surface area contributed by atoms with Gasteiger partial charge in [0.2, 0.25) is 11.9 Å². The molecule has 0 unspecified atom stereocenters. The summed E-state index contributed by atoms with van der Waals surface area (Å²) in [6.45, 7) is 0.333. The molecule has 0 atom stereocenters. The van der Waals surface area contributed by atoms with Crippen LogP contribution in [0.3, 0.4) is 0 Å². The molecule has 5 N–H and O–H groups in total. The largest absolute Gasteiger partial charge is 0.396 e. The Labute approximate surface area is 96.5 Å². The number of nitrogen functional groups attached to an aromatic ring is 2. The molecule has 2 aromatic heterocycles. The van der Waals surface area contributed by atoms with Crippen LogP contribution < -0.4 is 11.5 Å². The maximum absolute atomic E-state index is 8.75. The van der Waals surface area contributed by atoms with Crippen LogP contribution >= 0.6 is 0 Å². The van der Waals surface area contributed by atoms with Gasteiger partial charge in [0.25, 0.3) is 0 Å². The zero-order chi connectivity index (χ0) is 12.3. The van der Waals surface area contributed by atoms with Crippen molar-refractivity contribution in [2.45, 2.75) is 13.0 Å². The maximum atomic E-state index is 8.75. The minimum Gasteiger partial charge on any atom is -0.396 e. The monoisotopic (exact) mass is 236 g/mol. The fourth-order valence-corrected chi connectivity index (χ4v) is 1.32. The topological polar surface area (TPSA) is 142 Å². The lowest BCUT2D eigenvalue weighted by Gasteiger charge is -2.01. The van der Waals surface area contributed by atoms with E-state index in [1.165, 1.54) is 0 Å². The lowest BCUT2D eigenvalue weighted by Crippen LogP contribution is -2.10. The van der Waals surface area contributed by atoms with Gasteiger partial charge in [0, 0.05) is 19.2 Å². The van der Waals surface area contributed by atoms with Gasteiger partial charge < -0.3 is 16.6 Å². The van der Waals surface area contributed by atoms with Gasteiger partial charge >= 0.3 is 0 Å². The van der Waals surface area contributed by atoms with Crippen molar-refractivity contribution in [2.24, 2.45) is 0 Å². The van der Waals surface area contributed by atoms with Gasteiger partial charge in [-0.3, -0.25) is 0 Å². The summed E-state index contributed by atoms with van der Waals surface area (Å²) in [5.41, 5.74) is 11.6. The van der Waals surface area contributed by atoms with E-state index < -0.39 is 0 Å². The standard InChI is InChI=1S/C8H12N8O/c9-7-11-6(12-8(10)13-7)4-16-3-5(1-2-17)14-15-16/h3,17H,1-2,4H2,(H4,9,10,11,12,13). The lowest BCUT2D eigenvalue weighted by molar-refractivity contribution is 0.298. The second kappa shape index (κ2) is 4.70. The maximum Gasteiger partial charge on any atom is 0.225 e. The van der Waals surface area contributed by atoms with Crippen LogP contribution in [0.4, 0.5) is 11.9 Å². The summed E-state index contributed by atoms with van der Waals surface area (Å²) in [5, 5.41) is 16.5. The summed E-state index contributed by atoms with van der Waals surface area (Å²) in [4.78, 5) is 11.5. The molecule has 0 spiro atoms. The Morgan fingerprint density at radius 1 is 1.18 bits per heavy atom. The highest BCUT2D eigenvalue weighted by Gasteiger charge is 2.05. The van der Waals surface area contributed by atoms with Gasteiger partial charge in [-0.15, -0.1) is 5.10 Å². The molecule has 0 aliphatic carbocycles. The highest BCUT2D eigenvalue weighted by Crippen LogP contribution is 2.01. The molecule has 90 valence electrons. The van der Waals surface area contributed by atoms with E-state index in [0.29, 0.717) is 24.5 Å². The van der Waals surface area contributed by atoms with Gasteiger partial charge in [-0.2, -0.15) is 15.0 Å². The Bertz CT molecular complexity index is 490. The molecule has 9 nitrogen and oxygen atoms in total. The van der Waals surface area contributed by atoms with E-state index in [4.69, 9.17) is 16.6 Å². The van der Waals surface area contributed by atoms with Crippen LogP contribution in [0.25, 0.3) is 0 Å². The van der Waals surface area contributed by atoms with Crippen LogP contribution in [0.15, 0.2) is 6.20 Å². The molecule has 0 bridgehead atoms. The smallest absolute Gasteiger partial charge is 0.225 e. The van der Waals surface area contributed by atoms with E-state index in [-0.39, 0.29) is 18.5 Å². The number of nitrogens with two attached hydrogens (primary N) is 2. The number of hydrogen-bond acceptors (Lipinski definition) is 8. The summed E-state index contributed by atoms with van der Waals surface area (Å²) in [5.74, 6) is 0.557. The number of hydrogen-bond donors (Lipinski definition) is 3. The van der Waals surface area contributed by atoms with Crippen LogP contribution in [-0.4, -0.2) is 41.7 Å². The van der Waals surface area contributed by atoms with Crippen molar-refractivity contribution >= 4 is 11.9 Å². The minimum atomic E-state index is 0.0321. The highest BCUT2D eigenvalue weighted by molar-refractivity contribution is 5.25. The second-order valence-corrected chi connectivity index (χ2v) is 3.35. The summed E-state index contributed by atoms with van der Waals surface area (Å²) < 4.78 is 1.54. The van der Waals surface area contributed by atoms with Crippen molar-refractivity contribution in [3.63, 3.8) is 0 Å². The number of anilines is 2. The lowest BCUT2D eigenvalue weighted by atomic mass is 10.3. The Kier molecular flexibility index (Phi) is 3.10. The molecule has 0 fully saturated rings. The summed E-state index contributed by atoms with van der Waals surface area (Å²) in [6, 6.07) is 0. The molecule has 2 heterocycles. The summed E-state index contributed by atoms with van der Waals surface area (Å²) in [7, 11) is 0. The van der Waals surface area contributed by atoms with E-state index in [2.05, 4.69) is 25.3 Å². The van der Waals surface area contributed by atoms with Crippen molar-refractivity contribution < 1.29 is 5.11 Å². The van der Waals surface area contributed by atoms with Crippen LogP contribution in [0.5, 0.6) is 0 Å². The van der Waals surface area contributed by atoms with E-state index >= 15 is 0 Å². The van der Waals surface area contributed by atoms with Gasteiger partial charge in [0.15, 0.2) is 5.82 Å². The third-order valence-corrected chi connectivity index (χ3v) is 1.97. The first-order valence-corrected chi connectivity index (χ1v) is 4.93. The first-order valence-electron chi connectivity index (χ1n) is 4.93. The predicted molar refractivity (Wildman–Crippen MR) is 58.6 cm³/mol. The predicted octanol–water partition coefficient (Wildman–Crippen LogP) is -1.79. The van der Waals surface area contributed by atoms with E-state index in [0.717, 1.165) is 0 Å². The third kappa shape index (κ3) is 2.84. The zero-order valence-electron chi connectivity index (χ0n) is 8.98. The van der Waals surface area contributed by atoms with E-state index in [1.54, 1.807) is 10.9 Å². The quantitative estimate of drug-likeness (QED) is 0.565.